The lowest BCUT2D eigenvalue weighted by molar-refractivity contribution is 0.0940. The standard InChI is InChI=1S/C21H23N3O2S/c1-14-9-10-15(27-4)13-17(14)21(25)23-19(20-22-11-12-24(20)2)16-7-5-6-8-18(16)26-3/h5-13,19H,1-4H3,(H,23,25). The summed E-state index contributed by atoms with van der Waals surface area (Å²) in [6, 6.07) is 13.2. The summed E-state index contributed by atoms with van der Waals surface area (Å²) < 4.78 is 7.43. The van der Waals surface area contributed by atoms with Gasteiger partial charge in [0.15, 0.2) is 0 Å². The molecule has 3 rings (SSSR count). The number of aromatic nitrogens is 2. The van der Waals surface area contributed by atoms with Crippen LogP contribution in [0.5, 0.6) is 5.75 Å². The van der Waals surface area contributed by atoms with Gasteiger partial charge in [0.1, 0.15) is 17.6 Å². The molecule has 0 aliphatic heterocycles. The molecule has 0 radical (unpaired) electrons. The number of amides is 1. The third kappa shape index (κ3) is 4.01. The summed E-state index contributed by atoms with van der Waals surface area (Å²) in [5, 5.41) is 3.15. The van der Waals surface area contributed by atoms with Crippen molar-refractivity contribution >= 4 is 17.7 Å². The summed E-state index contributed by atoms with van der Waals surface area (Å²) in [6.07, 6.45) is 5.59. The van der Waals surface area contributed by atoms with Crippen molar-refractivity contribution in [2.75, 3.05) is 13.4 Å². The number of hydrogen-bond acceptors (Lipinski definition) is 4. The van der Waals surface area contributed by atoms with Crippen molar-refractivity contribution in [3.63, 3.8) is 0 Å². The Morgan fingerprint density at radius 3 is 2.70 bits per heavy atom. The third-order valence-corrected chi connectivity index (χ3v) is 5.26. The van der Waals surface area contributed by atoms with Gasteiger partial charge in [-0.25, -0.2) is 4.98 Å². The maximum absolute atomic E-state index is 13.1. The maximum Gasteiger partial charge on any atom is 0.252 e. The van der Waals surface area contributed by atoms with Gasteiger partial charge in [-0.3, -0.25) is 4.79 Å². The average molecular weight is 382 g/mol. The molecule has 3 aromatic rings. The second-order valence-electron chi connectivity index (χ2n) is 6.23. The van der Waals surface area contributed by atoms with Gasteiger partial charge in [0.25, 0.3) is 5.91 Å². The van der Waals surface area contributed by atoms with Gasteiger partial charge in [0.05, 0.1) is 7.11 Å². The molecular formula is C21H23N3O2S. The van der Waals surface area contributed by atoms with Crippen LogP contribution >= 0.6 is 11.8 Å². The SMILES string of the molecule is COc1ccccc1C(NC(=O)c1cc(SC)ccc1C)c1nccn1C. The molecule has 1 amide bonds. The van der Waals surface area contributed by atoms with E-state index in [-0.39, 0.29) is 5.91 Å². The Balaban J connectivity index is 2.02. The predicted octanol–water partition coefficient (Wildman–Crippen LogP) is 3.98. The van der Waals surface area contributed by atoms with Crippen LogP contribution in [0.3, 0.4) is 0 Å². The number of benzene rings is 2. The van der Waals surface area contributed by atoms with Crippen molar-refractivity contribution in [1.29, 1.82) is 0 Å². The van der Waals surface area contributed by atoms with Gasteiger partial charge in [-0.05, 0) is 36.9 Å². The largest absolute Gasteiger partial charge is 0.496 e. The van der Waals surface area contributed by atoms with Gasteiger partial charge >= 0.3 is 0 Å². The molecule has 140 valence electrons. The van der Waals surface area contributed by atoms with E-state index in [1.165, 1.54) is 0 Å². The number of imidazole rings is 1. The van der Waals surface area contributed by atoms with Gasteiger partial charge in [-0.15, -0.1) is 11.8 Å². The van der Waals surface area contributed by atoms with Gasteiger partial charge in [-0.1, -0.05) is 24.3 Å². The monoisotopic (exact) mass is 381 g/mol. The molecular weight excluding hydrogens is 358 g/mol. The minimum absolute atomic E-state index is 0.137. The molecule has 0 aliphatic carbocycles. The molecule has 27 heavy (non-hydrogen) atoms. The van der Waals surface area contributed by atoms with Crippen LogP contribution in [0.1, 0.15) is 33.4 Å². The highest BCUT2D eigenvalue weighted by molar-refractivity contribution is 7.98. The molecule has 1 atom stereocenters. The van der Waals surface area contributed by atoms with E-state index in [2.05, 4.69) is 10.3 Å². The third-order valence-electron chi connectivity index (χ3n) is 4.53. The van der Waals surface area contributed by atoms with Crippen molar-refractivity contribution in [1.82, 2.24) is 14.9 Å². The summed E-state index contributed by atoms with van der Waals surface area (Å²) in [7, 11) is 3.54. The Bertz CT molecular complexity index is 952. The van der Waals surface area contributed by atoms with E-state index in [0.29, 0.717) is 11.3 Å². The topological polar surface area (TPSA) is 56.1 Å². The number of para-hydroxylation sites is 1. The summed E-state index contributed by atoms with van der Waals surface area (Å²) in [4.78, 5) is 18.6. The molecule has 6 heteroatoms. The number of thioether (sulfide) groups is 1. The molecule has 1 unspecified atom stereocenters. The highest BCUT2D eigenvalue weighted by atomic mass is 32.2. The number of ether oxygens (including phenoxy) is 1. The van der Waals surface area contributed by atoms with Crippen LogP contribution in [-0.2, 0) is 7.05 Å². The lowest BCUT2D eigenvalue weighted by Gasteiger charge is -2.22. The number of rotatable bonds is 6. The number of aryl methyl sites for hydroxylation is 2. The first kappa shape index (κ1) is 19.0. The Kier molecular flexibility index (Phi) is 5.86. The minimum Gasteiger partial charge on any atom is -0.496 e. The summed E-state index contributed by atoms with van der Waals surface area (Å²) in [5.74, 6) is 1.31. The van der Waals surface area contributed by atoms with Crippen LogP contribution in [0, 0.1) is 6.92 Å². The van der Waals surface area contributed by atoms with E-state index in [9.17, 15) is 4.79 Å². The molecule has 2 aromatic carbocycles. The molecule has 0 fully saturated rings. The normalized spacial score (nSPS) is 11.9. The first-order valence-electron chi connectivity index (χ1n) is 8.60. The van der Waals surface area contributed by atoms with Crippen molar-refractivity contribution in [3.8, 4) is 5.75 Å². The van der Waals surface area contributed by atoms with Crippen LogP contribution < -0.4 is 10.1 Å². The molecule has 0 bridgehead atoms. The van der Waals surface area contributed by atoms with E-state index < -0.39 is 6.04 Å². The second-order valence-corrected chi connectivity index (χ2v) is 7.11. The molecule has 0 saturated carbocycles. The smallest absolute Gasteiger partial charge is 0.252 e. The van der Waals surface area contributed by atoms with Gasteiger partial charge in [-0.2, -0.15) is 0 Å². The van der Waals surface area contributed by atoms with Crippen LogP contribution in [0.4, 0.5) is 0 Å². The maximum atomic E-state index is 13.1. The molecule has 5 nitrogen and oxygen atoms in total. The number of nitrogens with zero attached hydrogens (tertiary/aromatic N) is 2. The first-order chi connectivity index (χ1) is 13.0. The number of carbonyl (C=O) groups is 1. The van der Waals surface area contributed by atoms with Crippen LogP contribution in [0.2, 0.25) is 0 Å². The Morgan fingerprint density at radius 1 is 1.26 bits per heavy atom. The van der Waals surface area contributed by atoms with Gasteiger partial charge in [0, 0.05) is 35.5 Å². The summed E-state index contributed by atoms with van der Waals surface area (Å²) in [5.41, 5.74) is 2.46. The molecule has 1 N–H and O–H groups in total. The second kappa shape index (κ2) is 8.31. The first-order valence-corrected chi connectivity index (χ1v) is 9.83. The van der Waals surface area contributed by atoms with Crippen LogP contribution in [0.25, 0.3) is 0 Å². The average Bonchev–Trinajstić information content (AvgIpc) is 3.12. The zero-order chi connectivity index (χ0) is 19.4. The number of hydrogen-bond donors (Lipinski definition) is 1. The van der Waals surface area contributed by atoms with Crippen molar-refractivity contribution in [3.05, 3.63) is 77.4 Å². The lowest BCUT2D eigenvalue weighted by Crippen LogP contribution is -2.31. The Labute approximate surface area is 163 Å². The van der Waals surface area contributed by atoms with E-state index in [4.69, 9.17) is 4.74 Å². The van der Waals surface area contributed by atoms with Crippen molar-refractivity contribution < 1.29 is 9.53 Å². The zero-order valence-corrected chi connectivity index (χ0v) is 16.7. The zero-order valence-electron chi connectivity index (χ0n) is 15.9. The van der Waals surface area contributed by atoms with Crippen LogP contribution in [0.15, 0.2) is 59.8 Å². The van der Waals surface area contributed by atoms with Crippen LogP contribution in [-0.4, -0.2) is 28.8 Å². The fraction of sp³-hybridized carbons (Fsp3) is 0.238. The molecule has 0 spiro atoms. The Morgan fingerprint density at radius 2 is 2.04 bits per heavy atom. The van der Waals surface area contributed by atoms with Crippen molar-refractivity contribution in [2.45, 2.75) is 17.9 Å². The van der Waals surface area contributed by atoms with E-state index in [1.54, 1.807) is 25.1 Å². The fourth-order valence-corrected chi connectivity index (χ4v) is 3.46. The van der Waals surface area contributed by atoms with E-state index in [0.717, 1.165) is 21.8 Å². The quantitative estimate of drug-likeness (QED) is 0.656. The Hall–Kier alpha value is -2.73. The highest BCUT2D eigenvalue weighted by Crippen LogP contribution is 2.29. The molecule has 1 heterocycles. The predicted molar refractivity (Wildman–Crippen MR) is 108 cm³/mol. The molecule has 0 saturated heterocycles. The van der Waals surface area contributed by atoms with Gasteiger partial charge < -0.3 is 14.6 Å². The molecule has 0 aliphatic rings. The molecule has 1 aromatic heterocycles. The summed E-state index contributed by atoms with van der Waals surface area (Å²) >= 11 is 1.61. The number of carbonyl (C=O) groups excluding carboxylic acids is 1. The minimum atomic E-state index is -0.425. The van der Waals surface area contributed by atoms with E-state index >= 15 is 0 Å². The highest BCUT2D eigenvalue weighted by Gasteiger charge is 2.25. The fourth-order valence-electron chi connectivity index (χ4n) is 3.02. The van der Waals surface area contributed by atoms with Gasteiger partial charge in [0.2, 0.25) is 0 Å². The van der Waals surface area contributed by atoms with E-state index in [1.807, 2.05) is 73.5 Å². The lowest BCUT2D eigenvalue weighted by atomic mass is 10.0. The number of nitrogens with one attached hydrogen (secondary N) is 1. The van der Waals surface area contributed by atoms with Crippen molar-refractivity contribution in [2.24, 2.45) is 7.05 Å². The summed E-state index contributed by atoms with van der Waals surface area (Å²) in [6.45, 7) is 1.94. The number of methoxy groups -OCH3 is 1.